The fraction of sp³-hybridized carbons (Fsp3) is 0.619. The van der Waals surface area contributed by atoms with Crippen LogP contribution in [0, 0.1) is 0 Å². The zero-order chi connectivity index (χ0) is 20.0. The number of ether oxygens (including phenoxy) is 2. The van der Waals surface area contributed by atoms with Crippen molar-refractivity contribution < 1.29 is 19.1 Å². The number of piperidine rings is 1. The third-order valence-electron chi connectivity index (χ3n) is 4.25. The molecule has 150 valence electrons. The zero-order valence-corrected chi connectivity index (χ0v) is 17.1. The highest BCUT2D eigenvalue weighted by atomic mass is 16.6. The molecular formula is C21H32N2O4. The van der Waals surface area contributed by atoms with Gasteiger partial charge in [0, 0.05) is 24.7 Å². The van der Waals surface area contributed by atoms with E-state index in [-0.39, 0.29) is 18.1 Å². The third kappa shape index (κ3) is 7.12. The third-order valence-corrected chi connectivity index (χ3v) is 4.25. The molecule has 0 aliphatic carbocycles. The van der Waals surface area contributed by atoms with Gasteiger partial charge < -0.3 is 19.7 Å². The van der Waals surface area contributed by atoms with Crippen LogP contribution < -0.4 is 10.1 Å². The zero-order valence-electron chi connectivity index (χ0n) is 17.1. The predicted molar refractivity (Wildman–Crippen MR) is 105 cm³/mol. The minimum Gasteiger partial charge on any atom is -0.491 e. The molecule has 1 N–H and O–H groups in total. The lowest BCUT2D eigenvalue weighted by Gasteiger charge is -2.33. The molecule has 0 saturated carbocycles. The highest BCUT2D eigenvalue weighted by Crippen LogP contribution is 2.21. The van der Waals surface area contributed by atoms with Crippen LogP contribution in [0.5, 0.6) is 5.75 Å². The van der Waals surface area contributed by atoms with E-state index in [4.69, 9.17) is 9.47 Å². The lowest BCUT2D eigenvalue weighted by Crippen LogP contribution is -2.48. The van der Waals surface area contributed by atoms with Crippen LogP contribution in [0.3, 0.4) is 0 Å². The Balaban J connectivity index is 1.84. The Hall–Kier alpha value is -2.24. The number of carbonyl (C=O) groups excluding carboxylic acids is 2. The van der Waals surface area contributed by atoms with Crippen molar-refractivity contribution in [3.63, 3.8) is 0 Å². The summed E-state index contributed by atoms with van der Waals surface area (Å²) in [6.07, 6.45) is 1.46. The molecule has 0 bridgehead atoms. The highest BCUT2D eigenvalue weighted by Gasteiger charge is 2.26. The summed E-state index contributed by atoms with van der Waals surface area (Å²) in [5.74, 6) is 0.854. The Bertz CT molecular complexity index is 644. The second-order valence-corrected chi connectivity index (χ2v) is 8.25. The van der Waals surface area contributed by atoms with Crippen LogP contribution in [-0.2, 0) is 16.0 Å². The van der Waals surface area contributed by atoms with Crippen LogP contribution in [0.4, 0.5) is 4.79 Å². The summed E-state index contributed by atoms with van der Waals surface area (Å²) in [7, 11) is 0. The number of amides is 2. The topological polar surface area (TPSA) is 67.9 Å². The van der Waals surface area contributed by atoms with Crippen molar-refractivity contribution in [2.75, 3.05) is 13.1 Å². The van der Waals surface area contributed by atoms with Crippen LogP contribution in [0.25, 0.3) is 0 Å². The molecule has 6 nitrogen and oxygen atoms in total. The molecule has 27 heavy (non-hydrogen) atoms. The van der Waals surface area contributed by atoms with E-state index in [0.717, 1.165) is 24.2 Å². The summed E-state index contributed by atoms with van der Waals surface area (Å²) in [5, 5.41) is 2.90. The van der Waals surface area contributed by atoms with Crippen molar-refractivity contribution in [1.82, 2.24) is 10.2 Å². The summed E-state index contributed by atoms with van der Waals surface area (Å²) in [6, 6.07) is 7.72. The van der Waals surface area contributed by atoms with E-state index in [1.54, 1.807) is 0 Å². The van der Waals surface area contributed by atoms with Gasteiger partial charge in [-0.2, -0.15) is 0 Å². The van der Waals surface area contributed by atoms with Crippen molar-refractivity contribution in [1.29, 1.82) is 0 Å². The predicted octanol–water partition coefficient (Wildman–Crippen LogP) is 3.53. The molecule has 1 aliphatic rings. The quantitative estimate of drug-likeness (QED) is 0.854. The second-order valence-electron chi connectivity index (χ2n) is 8.25. The normalized spacial score (nSPS) is 15.6. The minimum absolute atomic E-state index is 0.0421. The fourth-order valence-corrected chi connectivity index (χ4v) is 3.04. The van der Waals surface area contributed by atoms with Gasteiger partial charge in [-0.05, 0) is 53.5 Å². The van der Waals surface area contributed by atoms with E-state index in [2.05, 4.69) is 5.32 Å². The van der Waals surface area contributed by atoms with Crippen molar-refractivity contribution in [3.8, 4) is 5.75 Å². The molecule has 1 aliphatic heterocycles. The van der Waals surface area contributed by atoms with Crippen LogP contribution >= 0.6 is 0 Å². The van der Waals surface area contributed by atoms with E-state index >= 15 is 0 Å². The highest BCUT2D eigenvalue weighted by molar-refractivity contribution is 5.79. The van der Waals surface area contributed by atoms with E-state index in [0.29, 0.717) is 19.5 Å². The summed E-state index contributed by atoms with van der Waals surface area (Å²) in [4.78, 5) is 26.4. The molecule has 1 saturated heterocycles. The first-order valence-corrected chi connectivity index (χ1v) is 9.66. The van der Waals surface area contributed by atoms with Gasteiger partial charge in [-0.15, -0.1) is 0 Å². The molecule has 2 amide bonds. The van der Waals surface area contributed by atoms with E-state index in [9.17, 15) is 9.59 Å². The van der Waals surface area contributed by atoms with E-state index < -0.39 is 11.7 Å². The number of hydrogen-bond donors (Lipinski definition) is 1. The monoisotopic (exact) mass is 376 g/mol. The molecule has 0 atom stereocenters. The molecule has 1 heterocycles. The van der Waals surface area contributed by atoms with Crippen molar-refractivity contribution in [2.24, 2.45) is 0 Å². The maximum atomic E-state index is 12.7. The standard InChI is InChI=1S/C21H32N2O4/c1-15(2)26-18-9-7-6-8-16(18)14-19(24)23-12-10-17(11-13-23)22-20(25)27-21(3,4)5/h6-9,15,17H,10-14H2,1-5H3,(H,22,25). The van der Waals surface area contributed by atoms with Gasteiger partial charge in [-0.3, -0.25) is 4.79 Å². The maximum absolute atomic E-state index is 12.7. The first-order valence-electron chi connectivity index (χ1n) is 9.66. The minimum atomic E-state index is -0.508. The number of nitrogens with zero attached hydrogens (tertiary/aromatic N) is 1. The first kappa shape index (κ1) is 21.1. The Morgan fingerprint density at radius 2 is 1.81 bits per heavy atom. The Labute approximate surface area is 162 Å². The molecular weight excluding hydrogens is 344 g/mol. The molecule has 1 aromatic carbocycles. The van der Waals surface area contributed by atoms with Gasteiger partial charge >= 0.3 is 6.09 Å². The second kappa shape index (κ2) is 9.11. The van der Waals surface area contributed by atoms with Gasteiger partial charge in [-0.1, -0.05) is 18.2 Å². The summed E-state index contributed by atoms with van der Waals surface area (Å²) in [5.41, 5.74) is 0.400. The number of hydrogen-bond acceptors (Lipinski definition) is 4. The van der Waals surface area contributed by atoms with Crippen LogP contribution in [0.2, 0.25) is 0 Å². The van der Waals surface area contributed by atoms with Crippen molar-refractivity contribution in [2.45, 2.75) is 71.6 Å². The molecule has 0 radical (unpaired) electrons. The van der Waals surface area contributed by atoms with Crippen molar-refractivity contribution >= 4 is 12.0 Å². The largest absolute Gasteiger partial charge is 0.491 e. The Morgan fingerprint density at radius 3 is 2.41 bits per heavy atom. The molecule has 2 rings (SSSR count). The maximum Gasteiger partial charge on any atom is 0.407 e. The average molecular weight is 376 g/mol. The number of carbonyl (C=O) groups is 2. The number of nitrogens with one attached hydrogen (secondary N) is 1. The number of alkyl carbamates (subject to hydrolysis) is 1. The number of benzene rings is 1. The molecule has 0 aromatic heterocycles. The average Bonchev–Trinajstić information content (AvgIpc) is 2.55. The smallest absolute Gasteiger partial charge is 0.407 e. The lowest BCUT2D eigenvalue weighted by molar-refractivity contribution is -0.131. The van der Waals surface area contributed by atoms with Gasteiger partial charge in [0.1, 0.15) is 11.4 Å². The molecule has 0 spiro atoms. The van der Waals surface area contributed by atoms with Gasteiger partial charge in [0.25, 0.3) is 0 Å². The Kier molecular flexibility index (Phi) is 7.11. The molecule has 1 aromatic rings. The van der Waals surface area contributed by atoms with E-state index in [1.165, 1.54) is 0 Å². The summed E-state index contributed by atoms with van der Waals surface area (Å²) in [6.45, 7) is 10.7. The lowest BCUT2D eigenvalue weighted by atomic mass is 10.0. The Morgan fingerprint density at radius 1 is 1.19 bits per heavy atom. The summed E-state index contributed by atoms with van der Waals surface area (Å²) < 4.78 is 11.1. The summed E-state index contributed by atoms with van der Waals surface area (Å²) >= 11 is 0. The van der Waals surface area contributed by atoms with Crippen LogP contribution in [0.15, 0.2) is 24.3 Å². The molecule has 1 fully saturated rings. The van der Waals surface area contributed by atoms with Crippen LogP contribution in [-0.4, -0.2) is 47.7 Å². The first-order chi connectivity index (χ1) is 12.6. The number of rotatable bonds is 5. The number of likely N-dealkylation sites (tertiary alicyclic amines) is 1. The fourth-order valence-electron chi connectivity index (χ4n) is 3.04. The van der Waals surface area contributed by atoms with Crippen molar-refractivity contribution in [3.05, 3.63) is 29.8 Å². The SMILES string of the molecule is CC(C)Oc1ccccc1CC(=O)N1CCC(NC(=O)OC(C)(C)C)CC1. The molecule has 0 unspecified atom stereocenters. The number of para-hydroxylation sites is 1. The van der Waals surface area contributed by atoms with Gasteiger partial charge in [0.05, 0.1) is 12.5 Å². The van der Waals surface area contributed by atoms with Gasteiger partial charge in [-0.25, -0.2) is 4.79 Å². The molecule has 6 heteroatoms. The van der Waals surface area contributed by atoms with Gasteiger partial charge in [0.15, 0.2) is 0 Å². The van der Waals surface area contributed by atoms with E-state index in [1.807, 2.05) is 63.8 Å². The van der Waals surface area contributed by atoms with Gasteiger partial charge in [0.2, 0.25) is 5.91 Å². The van der Waals surface area contributed by atoms with Crippen LogP contribution in [0.1, 0.15) is 53.0 Å².